The third-order valence-electron chi connectivity index (χ3n) is 2.56. The van der Waals surface area contributed by atoms with E-state index in [1.54, 1.807) is 11.3 Å². The second-order valence-corrected chi connectivity index (χ2v) is 6.73. The molecule has 0 saturated carbocycles. The summed E-state index contributed by atoms with van der Waals surface area (Å²) < 4.78 is 1.01. The number of hydrogen-bond acceptors (Lipinski definition) is 3. The molecule has 19 heavy (non-hydrogen) atoms. The van der Waals surface area contributed by atoms with E-state index in [0.717, 1.165) is 9.35 Å². The molecule has 1 aromatic heterocycles. The molecule has 0 unspecified atom stereocenters. The van der Waals surface area contributed by atoms with Crippen LogP contribution in [0.25, 0.3) is 0 Å². The molecule has 0 fully saturated rings. The SMILES string of the molecule is CC(C)C[C@H](NC(=O)CCc1cc(Br)cs1)C(=O)O. The van der Waals surface area contributed by atoms with Crippen LogP contribution in [-0.4, -0.2) is 23.0 Å². The minimum absolute atomic E-state index is 0.211. The van der Waals surface area contributed by atoms with Crippen molar-refractivity contribution < 1.29 is 14.7 Å². The molecule has 0 bridgehead atoms. The molecule has 0 aromatic carbocycles. The summed E-state index contributed by atoms with van der Waals surface area (Å²) in [5.74, 6) is -0.951. The number of aliphatic carboxylic acids is 1. The Morgan fingerprint density at radius 1 is 1.47 bits per heavy atom. The molecule has 2 N–H and O–H groups in total. The van der Waals surface area contributed by atoms with Crippen molar-refractivity contribution in [3.8, 4) is 0 Å². The van der Waals surface area contributed by atoms with E-state index in [1.165, 1.54) is 0 Å². The van der Waals surface area contributed by atoms with Gasteiger partial charge in [-0.3, -0.25) is 4.79 Å². The van der Waals surface area contributed by atoms with E-state index in [1.807, 2.05) is 25.3 Å². The third-order valence-corrected chi connectivity index (χ3v) is 4.32. The fourth-order valence-corrected chi connectivity index (χ4v) is 3.14. The summed E-state index contributed by atoms with van der Waals surface area (Å²) in [5.41, 5.74) is 0. The molecular formula is C13H18BrNO3S. The first kappa shape index (κ1) is 16.2. The summed E-state index contributed by atoms with van der Waals surface area (Å²) in [4.78, 5) is 23.9. The standard InChI is InChI=1S/C13H18BrNO3S/c1-8(2)5-11(13(17)18)15-12(16)4-3-10-6-9(14)7-19-10/h6-8,11H,3-5H2,1-2H3,(H,15,16)(H,17,18)/t11-/m0/s1. The van der Waals surface area contributed by atoms with Gasteiger partial charge >= 0.3 is 5.97 Å². The molecule has 6 heteroatoms. The predicted molar refractivity (Wildman–Crippen MR) is 79.4 cm³/mol. The van der Waals surface area contributed by atoms with Gasteiger partial charge in [-0.25, -0.2) is 4.79 Å². The number of carboxylic acids is 1. The van der Waals surface area contributed by atoms with Crippen LogP contribution in [0.2, 0.25) is 0 Å². The molecule has 1 heterocycles. The summed E-state index contributed by atoms with van der Waals surface area (Å²) in [6.07, 6.45) is 1.40. The largest absolute Gasteiger partial charge is 0.480 e. The zero-order chi connectivity index (χ0) is 14.4. The first-order valence-electron chi connectivity index (χ1n) is 6.13. The van der Waals surface area contributed by atoms with Crippen molar-refractivity contribution in [2.45, 2.75) is 39.2 Å². The number of aryl methyl sites for hydroxylation is 1. The average Bonchev–Trinajstić information content (AvgIpc) is 2.71. The van der Waals surface area contributed by atoms with Gasteiger partial charge < -0.3 is 10.4 Å². The molecule has 0 aliphatic carbocycles. The lowest BCUT2D eigenvalue weighted by Gasteiger charge is -2.16. The third kappa shape index (κ3) is 6.20. The Bertz CT molecular complexity index is 445. The summed E-state index contributed by atoms with van der Waals surface area (Å²) in [6, 6.07) is 1.18. The number of thiophene rings is 1. The number of rotatable bonds is 7. The van der Waals surface area contributed by atoms with Crippen molar-refractivity contribution in [3.05, 3.63) is 20.8 Å². The van der Waals surface area contributed by atoms with Crippen LogP contribution in [0.4, 0.5) is 0 Å². The van der Waals surface area contributed by atoms with E-state index in [4.69, 9.17) is 5.11 Å². The van der Waals surface area contributed by atoms with Crippen molar-refractivity contribution in [2.24, 2.45) is 5.92 Å². The Morgan fingerprint density at radius 2 is 2.16 bits per heavy atom. The Morgan fingerprint density at radius 3 is 2.63 bits per heavy atom. The highest BCUT2D eigenvalue weighted by Crippen LogP contribution is 2.20. The van der Waals surface area contributed by atoms with Crippen LogP contribution in [0.1, 0.15) is 31.6 Å². The van der Waals surface area contributed by atoms with Gasteiger partial charge in [-0.1, -0.05) is 13.8 Å². The topological polar surface area (TPSA) is 66.4 Å². The van der Waals surface area contributed by atoms with E-state index in [2.05, 4.69) is 21.2 Å². The first-order valence-corrected chi connectivity index (χ1v) is 7.80. The molecule has 1 aromatic rings. The highest BCUT2D eigenvalue weighted by molar-refractivity contribution is 9.10. The summed E-state index contributed by atoms with van der Waals surface area (Å²) >= 11 is 4.94. The van der Waals surface area contributed by atoms with Crippen LogP contribution < -0.4 is 5.32 Å². The van der Waals surface area contributed by atoms with Gasteiger partial charge in [0.15, 0.2) is 0 Å². The highest BCUT2D eigenvalue weighted by atomic mass is 79.9. The second-order valence-electron chi connectivity index (χ2n) is 4.82. The van der Waals surface area contributed by atoms with E-state index in [9.17, 15) is 9.59 Å². The fourth-order valence-electron chi connectivity index (χ4n) is 1.68. The Kier molecular flexibility index (Phi) is 6.51. The van der Waals surface area contributed by atoms with Crippen molar-refractivity contribution in [1.82, 2.24) is 5.32 Å². The smallest absolute Gasteiger partial charge is 0.326 e. The molecule has 0 aliphatic rings. The zero-order valence-corrected chi connectivity index (χ0v) is 13.4. The molecule has 0 radical (unpaired) electrons. The van der Waals surface area contributed by atoms with Gasteiger partial charge in [-0.2, -0.15) is 0 Å². The number of halogens is 1. The Labute approximate surface area is 125 Å². The molecule has 0 spiro atoms. The second kappa shape index (κ2) is 7.65. The monoisotopic (exact) mass is 347 g/mol. The number of carbonyl (C=O) groups excluding carboxylic acids is 1. The average molecular weight is 348 g/mol. The van der Waals surface area contributed by atoms with Gasteiger partial charge in [0.05, 0.1) is 0 Å². The van der Waals surface area contributed by atoms with Crippen LogP contribution in [0.15, 0.2) is 15.9 Å². The Balaban J connectivity index is 2.42. The van der Waals surface area contributed by atoms with E-state index < -0.39 is 12.0 Å². The molecule has 0 saturated heterocycles. The van der Waals surface area contributed by atoms with Gasteiger partial charge in [0.1, 0.15) is 6.04 Å². The van der Waals surface area contributed by atoms with Gasteiger partial charge in [-0.15, -0.1) is 11.3 Å². The van der Waals surface area contributed by atoms with E-state index >= 15 is 0 Å². The predicted octanol–water partition coefficient (Wildman–Crippen LogP) is 3.06. The Hall–Kier alpha value is -0.880. The van der Waals surface area contributed by atoms with Gasteiger partial charge in [0.2, 0.25) is 5.91 Å². The summed E-state index contributed by atoms with van der Waals surface area (Å²) in [5, 5.41) is 13.6. The summed E-state index contributed by atoms with van der Waals surface area (Å²) in [7, 11) is 0. The summed E-state index contributed by atoms with van der Waals surface area (Å²) in [6.45, 7) is 3.87. The van der Waals surface area contributed by atoms with Crippen LogP contribution in [0.5, 0.6) is 0 Å². The minimum atomic E-state index is -0.971. The molecule has 1 rings (SSSR count). The quantitative estimate of drug-likeness (QED) is 0.796. The van der Waals surface area contributed by atoms with Crippen molar-refractivity contribution in [1.29, 1.82) is 0 Å². The molecule has 4 nitrogen and oxygen atoms in total. The van der Waals surface area contributed by atoms with E-state index in [0.29, 0.717) is 19.3 Å². The lowest BCUT2D eigenvalue weighted by Crippen LogP contribution is -2.41. The molecular weight excluding hydrogens is 330 g/mol. The maximum absolute atomic E-state index is 11.7. The van der Waals surface area contributed by atoms with Crippen molar-refractivity contribution >= 4 is 39.1 Å². The zero-order valence-electron chi connectivity index (χ0n) is 11.0. The number of carbonyl (C=O) groups is 2. The number of amides is 1. The van der Waals surface area contributed by atoms with Crippen molar-refractivity contribution in [2.75, 3.05) is 0 Å². The fraction of sp³-hybridized carbons (Fsp3) is 0.538. The van der Waals surface area contributed by atoms with E-state index in [-0.39, 0.29) is 11.8 Å². The van der Waals surface area contributed by atoms with Crippen LogP contribution in [-0.2, 0) is 16.0 Å². The molecule has 106 valence electrons. The van der Waals surface area contributed by atoms with Crippen molar-refractivity contribution in [3.63, 3.8) is 0 Å². The van der Waals surface area contributed by atoms with Crippen LogP contribution in [0.3, 0.4) is 0 Å². The lowest BCUT2D eigenvalue weighted by atomic mass is 10.0. The van der Waals surface area contributed by atoms with Gasteiger partial charge in [-0.05, 0) is 40.8 Å². The van der Waals surface area contributed by atoms with Gasteiger partial charge in [0, 0.05) is 21.2 Å². The van der Waals surface area contributed by atoms with Crippen LogP contribution >= 0.6 is 27.3 Å². The lowest BCUT2D eigenvalue weighted by molar-refractivity contribution is -0.142. The molecule has 1 atom stereocenters. The highest BCUT2D eigenvalue weighted by Gasteiger charge is 2.20. The number of carboxylic acid groups (broad SMARTS) is 1. The normalized spacial score (nSPS) is 12.4. The molecule has 1 amide bonds. The first-order chi connectivity index (χ1) is 8.88. The van der Waals surface area contributed by atoms with Crippen LogP contribution in [0, 0.1) is 5.92 Å². The number of hydrogen-bond donors (Lipinski definition) is 2. The maximum Gasteiger partial charge on any atom is 0.326 e. The maximum atomic E-state index is 11.7. The molecule has 0 aliphatic heterocycles. The number of nitrogens with one attached hydrogen (secondary N) is 1. The minimum Gasteiger partial charge on any atom is -0.480 e. The van der Waals surface area contributed by atoms with Gasteiger partial charge in [0.25, 0.3) is 0 Å².